The molecule has 0 unspecified atom stereocenters. The van der Waals surface area contributed by atoms with Gasteiger partial charge in [0, 0.05) is 6.26 Å². The fraction of sp³-hybridized carbons (Fsp3) is 0.462. The summed E-state index contributed by atoms with van der Waals surface area (Å²) in [5.41, 5.74) is -4.35. The summed E-state index contributed by atoms with van der Waals surface area (Å²) < 4.78 is 98.9. The quantitative estimate of drug-likeness (QED) is 0.800. The number of nitrogens with one attached hydrogen (secondary N) is 1. The molecule has 0 radical (unpaired) electrons. The topological polar surface area (TPSA) is 62.8 Å². The van der Waals surface area contributed by atoms with Crippen molar-refractivity contribution in [1.82, 2.24) is 9.97 Å². The second-order valence-electron chi connectivity index (χ2n) is 4.67. The van der Waals surface area contributed by atoms with E-state index in [2.05, 4.69) is 9.97 Å². The summed E-state index contributed by atoms with van der Waals surface area (Å²) in [6.07, 6.45) is -9.21. The van der Waals surface area contributed by atoms with Crippen molar-refractivity contribution < 1.29 is 34.8 Å². The summed E-state index contributed by atoms with van der Waals surface area (Å²) in [5.74, 6) is -1.07. The highest BCUT2D eigenvalue weighted by atomic mass is 32.2. The smallest absolute Gasteiger partial charge is 0.341 e. The van der Waals surface area contributed by atoms with Crippen LogP contribution in [0.1, 0.15) is 30.8 Å². The van der Waals surface area contributed by atoms with Crippen LogP contribution in [-0.4, -0.2) is 24.6 Å². The van der Waals surface area contributed by atoms with E-state index in [4.69, 9.17) is 0 Å². The zero-order chi connectivity index (χ0) is 18.9. The van der Waals surface area contributed by atoms with E-state index in [1.54, 1.807) is 0 Å². The number of halogens is 6. The van der Waals surface area contributed by atoms with Gasteiger partial charge in [-0.1, -0.05) is 13.8 Å². The summed E-state index contributed by atoms with van der Waals surface area (Å²) in [6.45, 7) is 4.00. The Hall–Kier alpha value is -1.78. The van der Waals surface area contributed by atoms with Gasteiger partial charge in [0.1, 0.15) is 17.1 Å². The first-order valence-corrected chi connectivity index (χ1v) is 8.68. The number of H-pyrrole nitrogens is 1. The maximum Gasteiger partial charge on any atom is 0.418 e. The van der Waals surface area contributed by atoms with E-state index in [9.17, 15) is 34.8 Å². The minimum atomic E-state index is -5.06. The zero-order valence-corrected chi connectivity index (χ0v) is 13.6. The Morgan fingerprint density at radius 2 is 1.58 bits per heavy atom. The molecular weight excluding hydrogens is 362 g/mol. The molecule has 0 saturated carbocycles. The molecule has 1 N–H and O–H groups in total. The van der Waals surface area contributed by atoms with Gasteiger partial charge in [0.25, 0.3) is 0 Å². The molecule has 0 saturated heterocycles. The standard InChI is InChI=1S/C11H8F6N2O2S.C2H6/c1-22(20,21)4-8-18-7-3-5(10(12,13)14)2-6(9(7)19-8)11(15,16)17;1-2/h2-3H,4H2,1H3,(H,18,19);1-2H3. The van der Waals surface area contributed by atoms with Gasteiger partial charge >= 0.3 is 12.4 Å². The van der Waals surface area contributed by atoms with Crippen molar-refractivity contribution in [1.29, 1.82) is 0 Å². The lowest BCUT2D eigenvalue weighted by Gasteiger charge is -2.11. The maximum atomic E-state index is 12.9. The minimum absolute atomic E-state index is 0.0482. The number of rotatable bonds is 2. The predicted octanol–water partition coefficient (Wildman–Crippen LogP) is 4.17. The number of fused-ring (bicyclic) bond motifs is 1. The van der Waals surface area contributed by atoms with Crippen LogP contribution in [0.5, 0.6) is 0 Å². The lowest BCUT2D eigenvalue weighted by atomic mass is 10.1. The van der Waals surface area contributed by atoms with Crippen molar-refractivity contribution in [3.63, 3.8) is 0 Å². The van der Waals surface area contributed by atoms with E-state index < -0.39 is 50.1 Å². The third kappa shape index (κ3) is 4.86. The van der Waals surface area contributed by atoms with Crippen LogP contribution in [-0.2, 0) is 27.9 Å². The average molecular weight is 376 g/mol. The number of aromatic amines is 1. The molecule has 0 atom stereocenters. The highest BCUT2D eigenvalue weighted by Crippen LogP contribution is 2.39. The van der Waals surface area contributed by atoms with E-state index in [-0.39, 0.29) is 11.9 Å². The van der Waals surface area contributed by atoms with Gasteiger partial charge in [-0.3, -0.25) is 0 Å². The summed E-state index contributed by atoms with van der Waals surface area (Å²) in [6, 6.07) is 0.413. The molecule has 4 nitrogen and oxygen atoms in total. The van der Waals surface area contributed by atoms with Crippen LogP contribution in [0, 0.1) is 0 Å². The summed E-state index contributed by atoms with van der Waals surface area (Å²) in [7, 11) is -3.61. The van der Waals surface area contributed by atoms with Gasteiger partial charge in [-0.2, -0.15) is 26.3 Å². The van der Waals surface area contributed by atoms with Gasteiger partial charge in [-0.25, -0.2) is 13.4 Å². The molecule has 0 fully saturated rings. The number of sulfone groups is 1. The summed E-state index contributed by atoms with van der Waals surface area (Å²) >= 11 is 0. The van der Waals surface area contributed by atoms with Crippen LogP contribution in [0.2, 0.25) is 0 Å². The fourth-order valence-corrected chi connectivity index (χ4v) is 2.50. The molecule has 0 bridgehead atoms. The number of nitrogens with zero attached hydrogens (tertiary/aromatic N) is 1. The van der Waals surface area contributed by atoms with Crippen LogP contribution in [0.15, 0.2) is 12.1 Å². The van der Waals surface area contributed by atoms with Gasteiger partial charge < -0.3 is 4.98 Å². The fourth-order valence-electron chi connectivity index (χ4n) is 1.87. The van der Waals surface area contributed by atoms with E-state index >= 15 is 0 Å². The second-order valence-corrected chi connectivity index (χ2v) is 6.81. The van der Waals surface area contributed by atoms with Crippen LogP contribution >= 0.6 is 0 Å². The molecule has 0 aliphatic heterocycles. The van der Waals surface area contributed by atoms with Crippen LogP contribution in [0.25, 0.3) is 11.0 Å². The molecule has 2 aromatic rings. The van der Waals surface area contributed by atoms with E-state index in [1.807, 2.05) is 13.8 Å². The first-order valence-electron chi connectivity index (χ1n) is 6.62. The molecule has 1 aromatic heterocycles. The normalized spacial score (nSPS) is 12.9. The number of imidazole rings is 1. The highest BCUT2D eigenvalue weighted by molar-refractivity contribution is 7.89. The third-order valence-electron chi connectivity index (χ3n) is 2.67. The molecule has 2 rings (SSSR count). The van der Waals surface area contributed by atoms with Crippen molar-refractivity contribution in [2.24, 2.45) is 0 Å². The van der Waals surface area contributed by atoms with Crippen LogP contribution in [0.3, 0.4) is 0 Å². The molecule has 24 heavy (non-hydrogen) atoms. The van der Waals surface area contributed by atoms with Gasteiger partial charge in [-0.05, 0) is 12.1 Å². The Bertz CT molecular complexity index is 821. The molecular formula is C13H14F6N2O2S. The van der Waals surface area contributed by atoms with Crippen molar-refractivity contribution in [2.45, 2.75) is 32.0 Å². The molecule has 0 aliphatic rings. The molecule has 136 valence electrons. The number of aromatic nitrogens is 2. The van der Waals surface area contributed by atoms with Gasteiger partial charge in [0.2, 0.25) is 0 Å². The minimum Gasteiger partial charge on any atom is -0.341 e. The Kier molecular flexibility index (Phi) is 5.58. The third-order valence-corrected chi connectivity index (χ3v) is 3.47. The summed E-state index contributed by atoms with van der Waals surface area (Å²) in [4.78, 5) is 5.65. The predicted molar refractivity (Wildman–Crippen MR) is 76.0 cm³/mol. The molecule has 1 heterocycles. The van der Waals surface area contributed by atoms with Crippen molar-refractivity contribution in [3.8, 4) is 0 Å². The van der Waals surface area contributed by atoms with Crippen molar-refractivity contribution >= 4 is 20.9 Å². The lowest BCUT2D eigenvalue weighted by Crippen LogP contribution is -2.11. The largest absolute Gasteiger partial charge is 0.418 e. The Labute approximate surface area is 133 Å². The first kappa shape index (κ1) is 20.3. The molecule has 11 heteroatoms. The number of alkyl halides is 6. The van der Waals surface area contributed by atoms with Crippen LogP contribution < -0.4 is 0 Å². The molecule has 0 aliphatic carbocycles. The Morgan fingerprint density at radius 3 is 2.00 bits per heavy atom. The lowest BCUT2D eigenvalue weighted by molar-refractivity contribution is -0.142. The van der Waals surface area contributed by atoms with Gasteiger partial charge in [-0.15, -0.1) is 0 Å². The van der Waals surface area contributed by atoms with Gasteiger partial charge in [0.15, 0.2) is 9.84 Å². The van der Waals surface area contributed by atoms with Crippen molar-refractivity contribution in [3.05, 3.63) is 29.1 Å². The van der Waals surface area contributed by atoms with E-state index in [0.29, 0.717) is 6.07 Å². The van der Waals surface area contributed by atoms with Crippen LogP contribution in [0.4, 0.5) is 26.3 Å². The first-order chi connectivity index (χ1) is 10.8. The monoisotopic (exact) mass is 376 g/mol. The number of hydrogen-bond donors (Lipinski definition) is 1. The van der Waals surface area contributed by atoms with Crippen molar-refractivity contribution in [2.75, 3.05) is 6.26 Å². The zero-order valence-electron chi connectivity index (χ0n) is 12.8. The summed E-state index contributed by atoms with van der Waals surface area (Å²) in [5, 5.41) is 0. The Morgan fingerprint density at radius 1 is 1.04 bits per heavy atom. The van der Waals surface area contributed by atoms with Gasteiger partial charge in [0.05, 0.1) is 16.6 Å². The van der Waals surface area contributed by atoms with E-state index in [1.165, 1.54) is 0 Å². The molecule has 0 amide bonds. The van der Waals surface area contributed by atoms with E-state index in [0.717, 1.165) is 6.26 Å². The molecule has 1 aromatic carbocycles. The number of benzene rings is 1. The SMILES string of the molecule is CC.CS(=O)(=O)Cc1nc2c(C(F)(F)F)cc(C(F)(F)F)cc2[nH]1. The average Bonchev–Trinajstić information content (AvgIpc) is 2.77. The second kappa shape index (κ2) is 6.61. The highest BCUT2D eigenvalue weighted by Gasteiger charge is 2.39. The maximum absolute atomic E-state index is 12.9. The Balaban J connectivity index is 0.00000139. The molecule has 0 spiro atoms. The number of hydrogen-bond acceptors (Lipinski definition) is 3.